The van der Waals surface area contributed by atoms with Crippen molar-refractivity contribution in [2.45, 2.75) is 26.7 Å². The molecule has 5 heteroatoms. The number of rotatable bonds is 3. The summed E-state index contributed by atoms with van der Waals surface area (Å²) in [6.07, 6.45) is 1.65. The van der Waals surface area contributed by atoms with Gasteiger partial charge in [-0.25, -0.2) is 0 Å². The van der Waals surface area contributed by atoms with Gasteiger partial charge in [0.15, 0.2) is 0 Å². The lowest BCUT2D eigenvalue weighted by atomic mass is 10.1. The van der Waals surface area contributed by atoms with E-state index in [0.717, 1.165) is 11.3 Å². The van der Waals surface area contributed by atoms with E-state index in [1.165, 1.54) is 17.6 Å². The van der Waals surface area contributed by atoms with Crippen molar-refractivity contribution in [2.75, 3.05) is 20.2 Å². The molecule has 0 N–H and O–H groups in total. The van der Waals surface area contributed by atoms with Crippen molar-refractivity contribution in [2.24, 2.45) is 5.92 Å². The van der Waals surface area contributed by atoms with Crippen molar-refractivity contribution in [1.82, 2.24) is 4.90 Å². The van der Waals surface area contributed by atoms with E-state index in [0.29, 0.717) is 19.5 Å². The van der Waals surface area contributed by atoms with E-state index in [2.05, 4.69) is 6.92 Å². The fourth-order valence-electron chi connectivity index (χ4n) is 2.44. The molecule has 1 aromatic heterocycles. The SMILES string of the molecule is CCc1sc(C(=O)N2CCC(C(=O)OC)C2)cc1C. The summed E-state index contributed by atoms with van der Waals surface area (Å²) < 4.78 is 4.73. The molecule has 1 aromatic rings. The van der Waals surface area contributed by atoms with Gasteiger partial charge in [0.05, 0.1) is 17.9 Å². The number of methoxy groups -OCH3 is 1. The smallest absolute Gasteiger partial charge is 0.310 e. The molecule has 1 saturated heterocycles. The predicted molar refractivity (Wildman–Crippen MR) is 74.5 cm³/mol. The highest BCUT2D eigenvalue weighted by molar-refractivity contribution is 7.14. The number of ether oxygens (including phenoxy) is 1. The molecule has 1 fully saturated rings. The number of carbonyl (C=O) groups excluding carboxylic acids is 2. The van der Waals surface area contributed by atoms with Crippen LogP contribution < -0.4 is 0 Å². The van der Waals surface area contributed by atoms with Crippen molar-refractivity contribution in [3.05, 3.63) is 21.4 Å². The van der Waals surface area contributed by atoms with Crippen molar-refractivity contribution >= 4 is 23.2 Å². The van der Waals surface area contributed by atoms with Crippen LogP contribution in [-0.4, -0.2) is 37.0 Å². The number of hydrogen-bond acceptors (Lipinski definition) is 4. The van der Waals surface area contributed by atoms with Crippen LogP contribution in [0.4, 0.5) is 0 Å². The average Bonchev–Trinajstić information content (AvgIpc) is 3.03. The first-order chi connectivity index (χ1) is 9.06. The van der Waals surface area contributed by atoms with Crippen LogP contribution in [0.1, 0.15) is 33.5 Å². The molecule has 1 unspecified atom stereocenters. The van der Waals surface area contributed by atoms with Gasteiger partial charge in [-0.05, 0) is 31.4 Å². The van der Waals surface area contributed by atoms with Gasteiger partial charge in [0.1, 0.15) is 0 Å². The topological polar surface area (TPSA) is 46.6 Å². The molecule has 1 aliphatic rings. The van der Waals surface area contributed by atoms with E-state index < -0.39 is 0 Å². The highest BCUT2D eigenvalue weighted by Gasteiger charge is 2.32. The molecule has 0 spiro atoms. The Morgan fingerprint density at radius 3 is 2.84 bits per heavy atom. The molecule has 1 amide bonds. The van der Waals surface area contributed by atoms with E-state index in [-0.39, 0.29) is 17.8 Å². The summed E-state index contributed by atoms with van der Waals surface area (Å²) in [4.78, 5) is 27.6. The maximum absolute atomic E-state index is 12.4. The Balaban J connectivity index is 2.06. The molecule has 0 bridgehead atoms. The van der Waals surface area contributed by atoms with E-state index in [1.807, 2.05) is 13.0 Å². The van der Waals surface area contributed by atoms with Crippen LogP contribution in [0.2, 0.25) is 0 Å². The summed E-state index contributed by atoms with van der Waals surface area (Å²) in [5.74, 6) is -0.341. The zero-order valence-electron chi connectivity index (χ0n) is 11.6. The highest BCUT2D eigenvalue weighted by atomic mass is 32.1. The van der Waals surface area contributed by atoms with Gasteiger partial charge < -0.3 is 9.64 Å². The van der Waals surface area contributed by atoms with Gasteiger partial charge >= 0.3 is 5.97 Å². The van der Waals surface area contributed by atoms with Crippen molar-refractivity contribution < 1.29 is 14.3 Å². The van der Waals surface area contributed by atoms with Gasteiger partial charge in [-0.15, -0.1) is 11.3 Å². The second-order valence-electron chi connectivity index (χ2n) is 4.83. The maximum Gasteiger partial charge on any atom is 0.310 e. The van der Waals surface area contributed by atoms with Crippen LogP contribution in [0.15, 0.2) is 6.07 Å². The zero-order chi connectivity index (χ0) is 14.0. The van der Waals surface area contributed by atoms with Crippen molar-refractivity contribution in [3.8, 4) is 0 Å². The average molecular weight is 281 g/mol. The van der Waals surface area contributed by atoms with Gasteiger partial charge in [0.25, 0.3) is 5.91 Å². The van der Waals surface area contributed by atoms with Gasteiger partial charge in [-0.1, -0.05) is 6.92 Å². The van der Waals surface area contributed by atoms with Crippen LogP contribution in [0.25, 0.3) is 0 Å². The molecule has 0 aromatic carbocycles. The quantitative estimate of drug-likeness (QED) is 0.798. The summed E-state index contributed by atoms with van der Waals surface area (Å²) in [6.45, 7) is 5.24. The minimum absolute atomic E-state index is 0.0409. The molecule has 0 saturated carbocycles. The number of carbonyl (C=O) groups is 2. The third-order valence-electron chi connectivity index (χ3n) is 3.56. The minimum Gasteiger partial charge on any atom is -0.469 e. The van der Waals surface area contributed by atoms with Crippen LogP contribution in [-0.2, 0) is 16.0 Å². The maximum atomic E-state index is 12.4. The van der Waals surface area contributed by atoms with E-state index >= 15 is 0 Å². The number of aryl methyl sites for hydroxylation is 2. The van der Waals surface area contributed by atoms with Gasteiger partial charge in [-0.3, -0.25) is 9.59 Å². The molecule has 0 radical (unpaired) electrons. The molecular weight excluding hydrogens is 262 g/mol. The standard InChI is InChI=1S/C14H19NO3S/c1-4-11-9(2)7-12(19-11)13(16)15-6-5-10(8-15)14(17)18-3/h7,10H,4-6,8H2,1-3H3. The van der Waals surface area contributed by atoms with Crippen LogP contribution in [0.3, 0.4) is 0 Å². The summed E-state index contributed by atoms with van der Waals surface area (Å²) in [7, 11) is 1.39. The van der Waals surface area contributed by atoms with E-state index in [4.69, 9.17) is 4.74 Å². The van der Waals surface area contributed by atoms with Crippen LogP contribution in [0.5, 0.6) is 0 Å². The second-order valence-corrected chi connectivity index (χ2v) is 5.97. The highest BCUT2D eigenvalue weighted by Crippen LogP contribution is 2.26. The Bertz CT molecular complexity index is 495. The number of hydrogen-bond donors (Lipinski definition) is 0. The molecule has 19 heavy (non-hydrogen) atoms. The van der Waals surface area contributed by atoms with E-state index in [1.54, 1.807) is 16.2 Å². The third-order valence-corrected chi connectivity index (χ3v) is 4.93. The van der Waals surface area contributed by atoms with Gasteiger partial charge in [0.2, 0.25) is 0 Å². The third kappa shape index (κ3) is 2.81. The van der Waals surface area contributed by atoms with E-state index in [9.17, 15) is 9.59 Å². The molecule has 1 atom stereocenters. The lowest BCUT2D eigenvalue weighted by Gasteiger charge is -2.14. The number of amides is 1. The first-order valence-electron chi connectivity index (χ1n) is 6.53. The largest absolute Gasteiger partial charge is 0.469 e. The Labute approximate surface area is 117 Å². The summed E-state index contributed by atoms with van der Waals surface area (Å²) >= 11 is 1.56. The molecule has 2 rings (SSSR count). The monoisotopic (exact) mass is 281 g/mol. The summed E-state index contributed by atoms with van der Waals surface area (Å²) in [5.41, 5.74) is 1.18. The molecular formula is C14H19NO3S. The second kappa shape index (κ2) is 5.74. The molecule has 4 nitrogen and oxygen atoms in total. The van der Waals surface area contributed by atoms with Crippen molar-refractivity contribution in [3.63, 3.8) is 0 Å². The van der Waals surface area contributed by atoms with Gasteiger partial charge in [0, 0.05) is 18.0 Å². The van der Waals surface area contributed by atoms with Gasteiger partial charge in [-0.2, -0.15) is 0 Å². The molecule has 1 aliphatic heterocycles. The molecule has 2 heterocycles. The number of thiophene rings is 1. The van der Waals surface area contributed by atoms with Crippen molar-refractivity contribution in [1.29, 1.82) is 0 Å². The van der Waals surface area contributed by atoms with Crippen LogP contribution >= 0.6 is 11.3 Å². The molecule has 104 valence electrons. The zero-order valence-corrected chi connectivity index (χ0v) is 12.4. The Hall–Kier alpha value is -1.36. The number of esters is 1. The minimum atomic E-state index is -0.216. The lowest BCUT2D eigenvalue weighted by Crippen LogP contribution is -2.29. The molecule has 0 aliphatic carbocycles. The first-order valence-corrected chi connectivity index (χ1v) is 7.34. The van der Waals surface area contributed by atoms with Crippen LogP contribution in [0, 0.1) is 12.8 Å². The Kier molecular flexibility index (Phi) is 4.24. The fourth-order valence-corrected chi connectivity index (χ4v) is 3.52. The Morgan fingerprint density at radius 2 is 2.26 bits per heavy atom. The predicted octanol–water partition coefficient (Wildman–Crippen LogP) is 2.25. The fraction of sp³-hybridized carbons (Fsp3) is 0.571. The summed E-state index contributed by atoms with van der Waals surface area (Å²) in [6, 6.07) is 1.96. The lowest BCUT2D eigenvalue weighted by molar-refractivity contribution is -0.144. The summed E-state index contributed by atoms with van der Waals surface area (Å²) in [5, 5.41) is 0. The normalized spacial score (nSPS) is 18.7. The first kappa shape index (κ1) is 14.1. The Morgan fingerprint density at radius 1 is 1.53 bits per heavy atom. The number of likely N-dealkylation sites (tertiary alicyclic amines) is 1. The number of nitrogens with zero attached hydrogens (tertiary/aromatic N) is 1.